The minimum atomic E-state index is -0.453. The summed E-state index contributed by atoms with van der Waals surface area (Å²) < 4.78 is 6.86. The molecule has 23 heavy (non-hydrogen) atoms. The highest BCUT2D eigenvalue weighted by Gasteiger charge is 2.11. The molecule has 3 rings (SSSR count). The lowest BCUT2D eigenvalue weighted by Gasteiger charge is -2.08. The van der Waals surface area contributed by atoms with E-state index in [1.807, 2.05) is 0 Å². The van der Waals surface area contributed by atoms with Gasteiger partial charge >= 0.3 is 5.97 Å². The molecule has 0 aliphatic carbocycles. The van der Waals surface area contributed by atoms with E-state index in [2.05, 4.69) is 10.1 Å². The minimum Gasteiger partial charge on any atom is -0.457 e. The fourth-order valence-corrected chi connectivity index (χ4v) is 2.49. The monoisotopic (exact) mass is 347 g/mol. The number of rotatable bonds is 4. The summed E-state index contributed by atoms with van der Waals surface area (Å²) in [6.45, 7) is 0.0160. The van der Waals surface area contributed by atoms with Gasteiger partial charge in [-0.3, -0.25) is 0 Å². The van der Waals surface area contributed by atoms with Crippen molar-refractivity contribution in [3.05, 3.63) is 76.3 Å². The molecule has 0 fully saturated rings. The number of esters is 1. The van der Waals surface area contributed by atoms with Crippen LogP contribution in [0, 0.1) is 0 Å². The van der Waals surface area contributed by atoms with Crippen molar-refractivity contribution in [1.29, 1.82) is 0 Å². The summed E-state index contributed by atoms with van der Waals surface area (Å²) in [7, 11) is 0. The van der Waals surface area contributed by atoms with Crippen LogP contribution in [0.15, 0.2) is 55.1 Å². The third-order valence-corrected chi connectivity index (χ3v) is 3.90. The number of benzene rings is 2. The molecule has 3 aromatic rings. The fraction of sp³-hybridized carbons (Fsp3) is 0.0625. The lowest BCUT2D eigenvalue weighted by atomic mass is 10.2. The van der Waals surface area contributed by atoms with Gasteiger partial charge < -0.3 is 4.74 Å². The molecule has 0 saturated heterocycles. The van der Waals surface area contributed by atoms with Gasteiger partial charge in [0.15, 0.2) is 0 Å². The Bertz CT molecular complexity index is 798. The van der Waals surface area contributed by atoms with E-state index in [9.17, 15) is 4.79 Å². The predicted octanol–water partition coefficient (Wildman–Crippen LogP) is 3.93. The number of nitrogens with zero attached hydrogens (tertiary/aromatic N) is 3. The van der Waals surface area contributed by atoms with Crippen LogP contribution in [0.25, 0.3) is 5.69 Å². The Morgan fingerprint density at radius 1 is 1.09 bits per heavy atom. The number of carbonyl (C=O) groups is 1. The van der Waals surface area contributed by atoms with Crippen molar-refractivity contribution in [2.24, 2.45) is 0 Å². The second kappa shape index (κ2) is 6.81. The number of hydrogen-bond acceptors (Lipinski definition) is 4. The first-order valence-electron chi connectivity index (χ1n) is 6.70. The molecule has 0 aliphatic rings. The molecule has 116 valence electrons. The third-order valence-electron chi connectivity index (χ3n) is 3.20. The first-order chi connectivity index (χ1) is 11.1. The quantitative estimate of drug-likeness (QED) is 0.671. The van der Waals surface area contributed by atoms with Crippen LogP contribution in [0.2, 0.25) is 10.0 Å². The standard InChI is InChI=1S/C16H11Cl2N3O2/c17-14-2-1-3-15(18)13(14)8-23-16(22)11-4-6-12(7-5-11)21-10-19-9-20-21/h1-7,9-10H,8H2. The van der Waals surface area contributed by atoms with Gasteiger partial charge in [-0.1, -0.05) is 29.3 Å². The lowest BCUT2D eigenvalue weighted by molar-refractivity contribution is 0.0473. The zero-order valence-electron chi connectivity index (χ0n) is 11.8. The molecule has 0 bridgehead atoms. The van der Waals surface area contributed by atoms with Gasteiger partial charge in [-0.15, -0.1) is 0 Å². The summed E-state index contributed by atoms with van der Waals surface area (Å²) in [5, 5.41) is 4.95. The summed E-state index contributed by atoms with van der Waals surface area (Å²) in [5.74, 6) is -0.453. The Morgan fingerprint density at radius 2 is 1.78 bits per heavy atom. The highest BCUT2D eigenvalue weighted by atomic mass is 35.5. The van der Waals surface area contributed by atoms with Crippen molar-refractivity contribution >= 4 is 29.2 Å². The van der Waals surface area contributed by atoms with Gasteiger partial charge in [-0.05, 0) is 36.4 Å². The first kappa shape index (κ1) is 15.5. The number of carbonyl (C=O) groups excluding carboxylic acids is 1. The molecule has 7 heteroatoms. The molecule has 0 unspecified atom stereocenters. The molecule has 1 aromatic heterocycles. The maximum absolute atomic E-state index is 12.1. The van der Waals surface area contributed by atoms with Crippen LogP contribution in [-0.2, 0) is 11.3 Å². The Labute approximate surface area is 142 Å². The molecule has 0 atom stereocenters. The number of hydrogen-bond donors (Lipinski definition) is 0. The molecule has 0 aliphatic heterocycles. The molecule has 0 saturated carbocycles. The van der Waals surface area contributed by atoms with Gasteiger partial charge in [-0.2, -0.15) is 5.10 Å². The van der Waals surface area contributed by atoms with Crippen molar-refractivity contribution in [2.75, 3.05) is 0 Å². The van der Waals surface area contributed by atoms with Gasteiger partial charge in [0.2, 0.25) is 0 Å². The van der Waals surface area contributed by atoms with E-state index in [0.29, 0.717) is 21.2 Å². The number of aromatic nitrogens is 3. The average Bonchev–Trinajstić information content (AvgIpc) is 3.09. The molecular formula is C16H11Cl2N3O2. The van der Waals surface area contributed by atoms with Crippen molar-refractivity contribution < 1.29 is 9.53 Å². The van der Waals surface area contributed by atoms with Gasteiger partial charge in [0.05, 0.1) is 11.3 Å². The number of halogens is 2. The minimum absolute atomic E-state index is 0.0160. The molecule has 2 aromatic carbocycles. The Balaban J connectivity index is 1.69. The van der Waals surface area contributed by atoms with Gasteiger partial charge in [-0.25, -0.2) is 14.5 Å². The fourth-order valence-electron chi connectivity index (χ4n) is 1.98. The molecule has 5 nitrogen and oxygen atoms in total. The maximum atomic E-state index is 12.1. The van der Waals surface area contributed by atoms with Crippen LogP contribution < -0.4 is 0 Å². The van der Waals surface area contributed by atoms with Gasteiger partial charge in [0.1, 0.15) is 19.3 Å². The van der Waals surface area contributed by atoms with E-state index in [-0.39, 0.29) is 6.61 Å². The highest BCUT2D eigenvalue weighted by Crippen LogP contribution is 2.25. The Kier molecular flexibility index (Phi) is 4.60. The largest absolute Gasteiger partial charge is 0.457 e. The van der Waals surface area contributed by atoms with Gasteiger partial charge in [0.25, 0.3) is 0 Å². The van der Waals surface area contributed by atoms with E-state index in [1.165, 1.54) is 6.33 Å². The summed E-state index contributed by atoms with van der Waals surface area (Å²) >= 11 is 12.1. The highest BCUT2D eigenvalue weighted by molar-refractivity contribution is 6.35. The Hall–Kier alpha value is -2.37. The average molecular weight is 348 g/mol. The van der Waals surface area contributed by atoms with Crippen molar-refractivity contribution in [2.45, 2.75) is 6.61 Å². The molecule has 0 N–H and O–H groups in total. The molecular weight excluding hydrogens is 337 g/mol. The smallest absolute Gasteiger partial charge is 0.338 e. The zero-order valence-corrected chi connectivity index (χ0v) is 13.3. The predicted molar refractivity (Wildman–Crippen MR) is 86.9 cm³/mol. The molecule has 0 radical (unpaired) electrons. The van der Waals surface area contributed by atoms with E-state index >= 15 is 0 Å². The van der Waals surface area contributed by atoms with Crippen LogP contribution in [-0.4, -0.2) is 20.7 Å². The number of ether oxygens (including phenoxy) is 1. The van der Waals surface area contributed by atoms with Crippen LogP contribution in [0.1, 0.15) is 15.9 Å². The van der Waals surface area contributed by atoms with Crippen LogP contribution in [0.5, 0.6) is 0 Å². The normalized spacial score (nSPS) is 10.5. The summed E-state index contributed by atoms with van der Waals surface area (Å²) in [6.07, 6.45) is 3.02. The summed E-state index contributed by atoms with van der Waals surface area (Å²) in [6, 6.07) is 12.0. The SMILES string of the molecule is O=C(OCc1c(Cl)cccc1Cl)c1ccc(-n2cncn2)cc1. The van der Waals surface area contributed by atoms with E-state index in [0.717, 1.165) is 5.69 Å². The second-order valence-corrected chi connectivity index (χ2v) is 5.48. The van der Waals surface area contributed by atoms with Crippen molar-refractivity contribution in [3.63, 3.8) is 0 Å². The Morgan fingerprint density at radius 3 is 2.39 bits per heavy atom. The summed E-state index contributed by atoms with van der Waals surface area (Å²) in [4.78, 5) is 16.0. The van der Waals surface area contributed by atoms with Gasteiger partial charge in [0, 0.05) is 15.6 Å². The molecule has 0 amide bonds. The van der Waals surface area contributed by atoms with Crippen LogP contribution in [0.3, 0.4) is 0 Å². The maximum Gasteiger partial charge on any atom is 0.338 e. The summed E-state index contributed by atoms with van der Waals surface area (Å²) in [5.41, 5.74) is 1.81. The lowest BCUT2D eigenvalue weighted by Crippen LogP contribution is -2.06. The third kappa shape index (κ3) is 3.52. The topological polar surface area (TPSA) is 57.0 Å². The molecule has 1 heterocycles. The van der Waals surface area contributed by atoms with E-state index in [1.54, 1.807) is 53.5 Å². The van der Waals surface area contributed by atoms with Crippen LogP contribution in [0.4, 0.5) is 0 Å². The van der Waals surface area contributed by atoms with E-state index in [4.69, 9.17) is 27.9 Å². The van der Waals surface area contributed by atoms with Crippen molar-refractivity contribution in [1.82, 2.24) is 14.8 Å². The van der Waals surface area contributed by atoms with Crippen LogP contribution >= 0.6 is 23.2 Å². The van der Waals surface area contributed by atoms with E-state index < -0.39 is 5.97 Å². The molecule has 0 spiro atoms. The van der Waals surface area contributed by atoms with Crippen molar-refractivity contribution in [3.8, 4) is 5.69 Å². The first-order valence-corrected chi connectivity index (χ1v) is 7.46. The zero-order chi connectivity index (χ0) is 16.2. The second-order valence-electron chi connectivity index (χ2n) is 4.66.